The fourth-order valence-electron chi connectivity index (χ4n) is 2.94. The van der Waals surface area contributed by atoms with Crippen LogP contribution in [0.1, 0.15) is 32.1 Å². The van der Waals surface area contributed by atoms with Crippen molar-refractivity contribution in [3.8, 4) is 0 Å². The van der Waals surface area contributed by atoms with Crippen molar-refractivity contribution in [1.29, 1.82) is 0 Å². The van der Waals surface area contributed by atoms with Crippen molar-refractivity contribution in [2.45, 2.75) is 50.3 Å². The molecule has 0 radical (unpaired) electrons. The Balaban J connectivity index is 1.68. The first-order valence-corrected chi connectivity index (χ1v) is 6.31. The van der Waals surface area contributed by atoms with E-state index in [1.807, 2.05) is 0 Å². The van der Waals surface area contributed by atoms with Crippen molar-refractivity contribution in [3.05, 3.63) is 0 Å². The van der Waals surface area contributed by atoms with Gasteiger partial charge in [0.05, 0.1) is 0 Å². The number of hydrogen-bond donors (Lipinski definition) is 2. The van der Waals surface area contributed by atoms with Gasteiger partial charge in [0.25, 0.3) is 5.91 Å². The van der Waals surface area contributed by atoms with Crippen LogP contribution in [0.2, 0.25) is 0 Å². The molecule has 1 amide bonds. The molecule has 4 atom stereocenters. The minimum atomic E-state index is -0.997. The molecule has 0 spiro atoms. The molecule has 2 saturated carbocycles. The lowest BCUT2D eigenvalue weighted by molar-refractivity contribution is -0.153. The van der Waals surface area contributed by atoms with Gasteiger partial charge >= 0.3 is 5.97 Å². The lowest BCUT2D eigenvalue weighted by atomic mass is 10.1. The minimum Gasteiger partial charge on any atom is -0.480 e. The van der Waals surface area contributed by atoms with Crippen LogP contribution >= 0.6 is 0 Å². The van der Waals surface area contributed by atoms with Crippen LogP contribution in [0.5, 0.6) is 0 Å². The highest BCUT2D eigenvalue weighted by molar-refractivity contribution is 5.87. The molecule has 2 aliphatic carbocycles. The quantitative estimate of drug-likeness (QED) is 0.735. The molecule has 1 saturated heterocycles. The van der Waals surface area contributed by atoms with Crippen LogP contribution in [0.3, 0.4) is 0 Å². The summed E-state index contributed by atoms with van der Waals surface area (Å²) in [7, 11) is 0. The fourth-order valence-corrected chi connectivity index (χ4v) is 2.94. The monoisotopic (exact) mass is 239 g/mol. The van der Waals surface area contributed by atoms with Crippen LogP contribution in [0, 0.1) is 11.8 Å². The van der Waals surface area contributed by atoms with Gasteiger partial charge in [0.2, 0.25) is 0 Å². The third-order valence-electron chi connectivity index (χ3n) is 4.18. The van der Waals surface area contributed by atoms with Gasteiger partial charge in [-0.2, -0.15) is 0 Å². The summed E-state index contributed by atoms with van der Waals surface area (Å²) in [5.41, 5.74) is 0. The lowest BCUT2D eigenvalue weighted by Crippen LogP contribution is -2.47. The van der Waals surface area contributed by atoms with E-state index in [-0.39, 0.29) is 11.9 Å². The highest BCUT2D eigenvalue weighted by atomic mass is 16.4. The van der Waals surface area contributed by atoms with E-state index in [4.69, 9.17) is 5.11 Å². The zero-order valence-corrected chi connectivity index (χ0v) is 9.58. The first-order valence-electron chi connectivity index (χ1n) is 6.31. The Morgan fingerprint density at radius 1 is 1.29 bits per heavy atom. The van der Waals surface area contributed by atoms with E-state index in [0.717, 1.165) is 19.3 Å². The zero-order valence-electron chi connectivity index (χ0n) is 9.58. The van der Waals surface area contributed by atoms with Crippen LogP contribution < -0.4 is 0 Å². The molecule has 3 rings (SSSR count). The minimum absolute atomic E-state index is 0.0810. The molecule has 1 aliphatic heterocycles. The normalized spacial score (nSPS) is 36.5. The molecule has 3 aliphatic rings. The van der Waals surface area contributed by atoms with Gasteiger partial charge in [-0.25, -0.2) is 4.79 Å². The molecule has 5 nitrogen and oxygen atoms in total. The van der Waals surface area contributed by atoms with Crippen molar-refractivity contribution >= 4 is 11.9 Å². The SMILES string of the molecule is O=C(O)[C@@H]1C[C@H]2C[C@H]2N1C(=O)[C@H](O)CC1CC1. The Labute approximate surface area is 99.4 Å². The van der Waals surface area contributed by atoms with Crippen molar-refractivity contribution in [2.75, 3.05) is 0 Å². The Hall–Kier alpha value is -1.10. The van der Waals surface area contributed by atoms with Gasteiger partial charge in [-0.1, -0.05) is 12.8 Å². The molecule has 0 aromatic heterocycles. The first kappa shape index (κ1) is 11.0. The average molecular weight is 239 g/mol. The number of aliphatic hydroxyl groups is 1. The summed E-state index contributed by atoms with van der Waals surface area (Å²) in [6.45, 7) is 0. The topological polar surface area (TPSA) is 77.8 Å². The van der Waals surface area contributed by atoms with Crippen LogP contribution in [0.4, 0.5) is 0 Å². The van der Waals surface area contributed by atoms with E-state index in [2.05, 4.69) is 0 Å². The Morgan fingerprint density at radius 3 is 2.59 bits per heavy atom. The maximum Gasteiger partial charge on any atom is 0.326 e. The van der Waals surface area contributed by atoms with E-state index in [1.165, 1.54) is 4.90 Å². The van der Waals surface area contributed by atoms with E-state index in [0.29, 0.717) is 24.7 Å². The van der Waals surface area contributed by atoms with Gasteiger partial charge in [-0.3, -0.25) is 4.79 Å². The second kappa shape index (κ2) is 3.70. The number of amides is 1. The number of hydrogen-bond acceptors (Lipinski definition) is 3. The largest absolute Gasteiger partial charge is 0.480 e. The van der Waals surface area contributed by atoms with Crippen LogP contribution in [-0.4, -0.2) is 45.2 Å². The van der Waals surface area contributed by atoms with E-state index in [1.54, 1.807) is 0 Å². The molecule has 0 unspecified atom stereocenters. The summed E-state index contributed by atoms with van der Waals surface area (Å²) >= 11 is 0. The molecule has 94 valence electrons. The number of carboxylic acid groups (broad SMARTS) is 1. The number of aliphatic carboxylic acids is 1. The van der Waals surface area contributed by atoms with E-state index in [9.17, 15) is 14.7 Å². The highest BCUT2D eigenvalue weighted by Gasteiger charge is 2.57. The molecule has 0 aromatic carbocycles. The number of carboxylic acids is 1. The first-order chi connectivity index (χ1) is 8.08. The number of fused-ring (bicyclic) bond motifs is 1. The number of carbonyl (C=O) groups is 2. The third-order valence-corrected chi connectivity index (χ3v) is 4.18. The van der Waals surface area contributed by atoms with Gasteiger partial charge in [-0.05, 0) is 31.1 Å². The number of likely N-dealkylation sites (tertiary alicyclic amines) is 1. The molecule has 2 N–H and O–H groups in total. The second-order valence-corrected chi connectivity index (χ2v) is 5.59. The molecular weight excluding hydrogens is 222 g/mol. The van der Waals surface area contributed by atoms with Gasteiger partial charge in [-0.15, -0.1) is 0 Å². The number of nitrogens with zero attached hydrogens (tertiary/aromatic N) is 1. The van der Waals surface area contributed by atoms with Gasteiger partial charge in [0, 0.05) is 6.04 Å². The summed E-state index contributed by atoms with van der Waals surface area (Å²) in [6, 6.07) is -0.627. The van der Waals surface area contributed by atoms with E-state index >= 15 is 0 Å². The number of piperidine rings is 1. The van der Waals surface area contributed by atoms with Crippen LogP contribution in [0.15, 0.2) is 0 Å². The standard InChI is InChI=1S/C12H17NO4/c14-10(3-6-1-2-6)11(15)13-8-4-7(8)5-9(13)12(16)17/h6-10,14H,1-5H2,(H,16,17)/t7-,8-,9+,10-/m1/s1. The van der Waals surface area contributed by atoms with Gasteiger partial charge in [0.1, 0.15) is 12.1 Å². The second-order valence-electron chi connectivity index (χ2n) is 5.59. The van der Waals surface area contributed by atoms with E-state index < -0.39 is 18.1 Å². The summed E-state index contributed by atoms with van der Waals surface area (Å²) in [5.74, 6) is -0.485. The maximum atomic E-state index is 12.1. The predicted molar refractivity (Wildman–Crippen MR) is 58.1 cm³/mol. The van der Waals surface area contributed by atoms with Crippen LogP contribution in [0.25, 0.3) is 0 Å². The Morgan fingerprint density at radius 2 is 2.00 bits per heavy atom. The van der Waals surface area contributed by atoms with Gasteiger partial charge < -0.3 is 15.1 Å². The summed E-state index contributed by atoms with van der Waals surface area (Å²) < 4.78 is 0. The summed E-state index contributed by atoms with van der Waals surface area (Å²) in [5, 5.41) is 18.9. The molecule has 17 heavy (non-hydrogen) atoms. The van der Waals surface area contributed by atoms with Crippen molar-refractivity contribution in [2.24, 2.45) is 11.8 Å². The number of carbonyl (C=O) groups excluding carboxylic acids is 1. The van der Waals surface area contributed by atoms with Crippen molar-refractivity contribution in [3.63, 3.8) is 0 Å². The molecule has 1 heterocycles. The Bertz CT molecular complexity index is 366. The molecular formula is C12H17NO4. The summed E-state index contributed by atoms with van der Waals surface area (Å²) in [4.78, 5) is 24.6. The molecule has 5 heteroatoms. The number of aliphatic hydroxyl groups excluding tert-OH is 1. The zero-order chi connectivity index (χ0) is 12.2. The van der Waals surface area contributed by atoms with Gasteiger partial charge in [0.15, 0.2) is 0 Å². The van der Waals surface area contributed by atoms with Crippen LogP contribution in [-0.2, 0) is 9.59 Å². The number of rotatable bonds is 4. The molecule has 0 aromatic rings. The fraction of sp³-hybridized carbons (Fsp3) is 0.833. The maximum absolute atomic E-state index is 12.1. The molecule has 0 bridgehead atoms. The van der Waals surface area contributed by atoms with Crippen molar-refractivity contribution < 1.29 is 19.8 Å². The highest BCUT2D eigenvalue weighted by Crippen LogP contribution is 2.48. The summed E-state index contributed by atoms with van der Waals surface area (Å²) in [6.07, 6.45) is 3.13. The molecule has 3 fully saturated rings. The third kappa shape index (κ3) is 1.92. The Kier molecular flexibility index (Phi) is 2.40. The smallest absolute Gasteiger partial charge is 0.326 e. The van der Waals surface area contributed by atoms with Crippen molar-refractivity contribution in [1.82, 2.24) is 4.90 Å². The predicted octanol–water partition coefficient (Wildman–Crippen LogP) is 0.221. The lowest BCUT2D eigenvalue weighted by Gasteiger charge is -2.26. The average Bonchev–Trinajstić information content (AvgIpc) is 3.18.